The van der Waals surface area contributed by atoms with Crippen LogP contribution < -0.4 is 5.32 Å². The van der Waals surface area contributed by atoms with E-state index < -0.39 is 30.1 Å². The van der Waals surface area contributed by atoms with Crippen molar-refractivity contribution in [2.24, 2.45) is 5.92 Å². The molecule has 2 amide bonds. The van der Waals surface area contributed by atoms with E-state index in [2.05, 4.69) is 11.9 Å². The Morgan fingerprint density at radius 3 is 2.10 bits per heavy atom. The molecule has 0 rings (SSSR count). The highest BCUT2D eigenvalue weighted by atomic mass is 16.6. The van der Waals surface area contributed by atoms with Crippen molar-refractivity contribution in [2.45, 2.75) is 39.8 Å². The summed E-state index contributed by atoms with van der Waals surface area (Å²) in [7, 11) is 1.39. The molecule has 114 valence electrons. The fourth-order valence-electron chi connectivity index (χ4n) is 1.34. The number of carboxylic acids is 1. The molecule has 0 spiro atoms. The molecule has 1 unspecified atom stereocenters. The minimum atomic E-state index is -1.12. The van der Waals surface area contributed by atoms with Crippen molar-refractivity contribution in [1.29, 1.82) is 0 Å². The number of carboxylic acid groups (broad SMARTS) is 1. The van der Waals surface area contributed by atoms with Crippen molar-refractivity contribution >= 4 is 18.0 Å². The molecule has 0 heterocycles. The second-order valence-electron chi connectivity index (χ2n) is 4.93. The SMILES string of the molecule is C=C(C)OC(=O)N(C)[C@@H](C)C(=O)NC(C(=O)O)C(C)C. The summed E-state index contributed by atoms with van der Waals surface area (Å²) in [6.45, 7) is 9.79. The number of carbonyl (C=O) groups excluding carboxylic acids is 2. The van der Waals surface area contributed by atoms with Gasteiger partial charge in [-0.25, -0.2) is 9.59 Å². The quantitative estimate of drug-likeness (QED) is 0.715. The molecule has 2 atom stereocenters. The smallest absolute Gasteiger partial charge is 0.415 e. The fraction of sp³-hybridized carbons (Fsp3) is 0.615. The zero-order valence-corrected chi connectivity index (χ0v) is 12.5. The Balaban J connectivity index is 4.72. The number of amides is 2. The van der Waals surface area contributed by atoms with E-state index in [9.17, 15) is 14.4 Å². The van der Waals surface area contributed by atoms with Crippen molar-refractivity contribution in [1.82, 2.24) is 10.2 Å². The molecule has 0 aliphatic heterocycles. The number of ether oxygens (including phenoxy) is 1. The van der Waals surface area contributed by atoms with Crippen LogP contribution in [0.15, 0.2) is 12.3 Å². The first-order valence-electron chi connectivity index (χ1n) is 6.21. The van der Waals surface area contributed by atoms with E-state index in [1.165, 1.54) is 20.9 Å². The van der Waals surface area contributed by atoms with E-state index in [0.29, 0.717) is 0 Å². The minimum Gasteiger partial charge on any atom is -0.480 e. The number of aliphatic carboxylic acids is 1. The van der Waals surface area contributed by atoms with Crippen LogP contribution in [0.25, 0.3) is 0 Å². The number of allylic oxidation sites excluding steroid dienone is 1. The highest BCUT2D eigenvalue weighted by molar-refractivity contribution is 5.89. The van der Waals surface area contributed by atoms with Crippen LogP contribution in [-0.2, 0) is 14.3 Å². The second kappa shape index (κ2) is 7.52. The van der Waals surface area contributed by atoms with Gasteiger partial charge in [0.25, 0.3) is 0 Å². The van der Waals surface area contributed by atoms with Crippen LogP contribution in [0.3, 0.4) is 0 Å². The Morgan fingerprint density at radius 2 is 1.75 bits per heavy atom. The molecular weight excluding hydrogens is 264 g/mol. The predicted octanol–water partition coefficient (Wildman–Crippen LogP) is 1.20. The number of rotatable bonds is 6. The maximum absolute atomic E-state index is 11.9. The fourth-order valence-corrected chi connectivity index (χ4v) is 1.34. The summed E-state index contributed by atoms with van der Waals surface area (Å²) in [6, 6.07) is -1.86. The van der Waals surface area contributed by atoms with Crippen molar-refractivity contribution in [2.75, 3.05) is 7.05 Å². The van der Waals surface area contributed by atoms with E-state index in [1.807, 2.05) is 0 Å². The first-order chi connectivity index (χ1) is 9.07. The summed E-state index contributed by atoms with van der Waals surface area (Å²) in [5, 5.41) is 11.4. The monoisotopic (exact) mass is 286 g/mol. The molecule has 0 radical (unpaired) electrons. The number of hydrogen-bond donors (Lipinski definition) is 2. The lowest BCUT2D eigenvalue weighted by Crippen LogP contribution is -2.52. The Labute approximate surface area is 118 Å². The largest absolute Gasteiger partial charge is 0.480 e. The summed E-state index contributed by atoms with van der Waals surface area (Å²) in [5.41, 5.74) is 0. The number of nitrogens with zero attached hydrogens (tertiary/aromatic N) is 1. The van der Waals surface area contributed by atoms with Crippen LogP contribution in [-0.4, -0.2) is 47.1 Å². The number of hydrogen-bond acceptors (Lipinski definition) is 4. The third kappa shape index (κ3) is 5.29. The summed E-state index contributed by atoms with van der Waals surface area (Å²) in [5.74, 6) is -1.74. The van der Waals surface area contributed by atoms with Gasteiger partial charge in [-0.1, -0.05) is 20.4 Å². The molecule has 20 heavy (non-hydrogen) atoms. The molecule has 0 saturated heterocycles. The normalized spacial score (nSPS) is 13.3. The third-order valence-corrected chi connectivity index (χ3v) is 2.74. The molecule has 0 aromatic carbocycles. The standard InChI is InChI=1S/C13H22N2O5/c1-7(2)10(12(17)18)14-11(16)9(5)15(6)13(19)20-8(3)4/h7,9-10H,3H2,1-2,4-6H3,(H,14,16)(H,17,18)/t9-,10?/m0/s1. The zero-order chi connectivity index (χ0) is 16.0. The van der Waals surface area contributed by atoms with Gasteiger partial charge in [-0.2, -0.15) is 0 Å². The van der Waals surface area contributed by atoms with E-state index in [4.69, 9.17) is 9.84 Å². The molecule has 0 bridgehead atoms. The van der Waals surface area contributed by atoms with Gasteiger partial charge in [-0.15, -0.1) is 0 Å². The molecule has 0 aliphatic rings. The molecule has 7 nitrogen and oxygen atoms in total. The molecule has 0 saturated carbocycles. The highest BCUT2D eigenvalue weighted by Crippen LogP contribution is 2.06. The molecule has 2 N–H and O–H groups in total. The van der Waals surface area contributed by atoms with Gasteiger partial charge in [0.15, 0.2) is 0 Å². The van der Waals surface area contributed by atoms with Gasteiger partial charge in [-0.3, -0.25) is 9.69 Å². The van der Waals surface area contributed by atoms with Crippen LogP contribution in [0.1, 0.15) is 27.7 Å². The Bertz CT molecular complexity index is 406. The van der Waals surface area contributed by atoms with Crippen molar-refractivity contribution in [3.05, 3.63) is 12.3 Å². The van der Waals surface area contributed by atoms with E-state index in [0.717, 1.165) is 4.90 Å². The zero-order valence-electron chi connectivity index (χ0n) is 12.5. The second-order valence-corrected chi connectivity index (χ2v) is 4.93. The average Bonchev–Trinajstić information content (AvgIpc) is 2.31. The van der Waals surface area contributed by atoms with Gasteiger partial charge in [0.1, 0.15) is 12.1 Å². The van der Waals surface area contributed by atoms with Crippen LogP contribution in [0.5, 0.6) is 0 Å². The number of carbonyl (C=O) groups is 3. The van der Waals surface area contributed by atoms with Crippen molar-refractivity contribution in [3.63, 3.8) is 0 Å². The van der Waals surface area contributed by atoms with Crippen molar-refractivity contribution < 1.29 is 24.2 Å². The molecule has 0 aliphatic carbocycles. The van der Waals surface area contributed by atoms with Crippen molar-refractivity contribution in [3.8, 4) is 0 Å². The highest BCUT2D eigenvalue weighted by Gasteiger charge is 2.29. The summed E-state index contributed by atoms with van der Waals surface area (Å²) in [4.78, 5) is 35.6. The molecule has 0 aromatic heterocycles. The molecular formula is C13H22N2O5. The Hall–Kier alpha value is -2.05. The van der Waals surface area contributed by atoms with Gasteiger partial charge in [0.05, 0.1) is 5.76 Å². The van der Waals surface area contributed by atoms with Crippen LogP contribution in [0, 0.1) is 5.92 Å². The van der Waals surface area contributed by atoms with E-state index in [-0.39, 0.29) is 11.7 Å². The van der Waals surface area contributed by atoms with Crippen LogP contribution in [0.2, 0.25) is 0 Å². The Kier molecular flexibility index (Phi) is 6.75. The first-order valence-corrected chi connectivity index (χ1v) is 6.21. The minimum absolute atomic E-state index is 0.208. The molecule has 0 aromatic rings. The van der Waals surface area contributed by atoms with Gasteiger partial charge in [0.2, 0.25) is 5.91 Å². The summed E-state index contributed by atoms with van der Waals surface area (Å²) >= 11 is 0. The number of likely N-dealkylation sites (N-methyl/N-ethyl adjacent to an activating group) is 1. The summed E-state index contributed by atoms with van der Waals surface area (Å²) in [6.07, 6.45) is -0.725. The van der Waals surface area contributed by atoms with E-state index in [1.54, 1.807) is 13.8 Å². The number of nitrogens with one attached hydrogen (secondary N) is 1. The lowest BCUT2D eigenvalue weighted by Gasteiger charge is -2.26. The lowest BCUT2D eigenvalue weighted by molar-refractivity contribution is -0.143. The topological polar surface area (TPSA) is 95.9 Å². The van der Waals surface area contributed by atoms with E-state index >= 15 is 0 Å². The van der Waals surface area contributed by atoms with Crippen LogP contribution >= 0.6 is 0 Å². The van der Waals surface area contributed by atoms with Gasteiger partial charge >= 0.3 is 12.1 Å². The maximum Gasteiger partial charge on any atom is 0.415 e. The van der Waals surface area contributed by atoms with Gasteiger partial charge in [-0.05, 0) is 19.8 Å². The predicted molar refractivity (Wildman–Crippen MR) is 72.9 cm³/mol. The summed E-state index contributed by atoms with van der Waals surface area (Å²) < 4.78 is 4.78. The molecule has 7 heteroatoms. The Morgan fingerprint density at radius 1 is 1.25 bits per heavy atom. The third-order valence-electron chi connectivity index (χ3n) is 2.74. The average molecular weight is 286 g/mol. The van der Waals surface area contributed by atoms with Gasteiger partial charge in [0, 0.05) is 7.05 Å². The van der Waals surface area contributed by atoms with Crippen LogP contribution in [0.4, 0.5) is 4.79 Å². The lowest BCUT2D eigenvalue weighted by atomic mass is 10.0. The van der Waals surface area contributed by atoms with Gasteiger partial charge < -0.3 is 15.2 Å². The first kappa shape index (κ1) is 17.9. The molecule has 0 fully saturated rings. The maximum atomic E-state index is 11.9.